The van der Waals surface area contributed by atoms with Crippen LogP contribution in [0.3, 0.4) is 0 Å². The fourth-order valence-electron chi connectivity index (χ4n) is 1.54. The number of carbonyl (C=O) groups excluding carboxylic acids is 1. The molecule has 0 aromatic carbocycles. The van der Waals surface area contributed by atoms with Crippen LogP contribution in [0.15, 0.2) is 0 Å². The number of hydrogen-bond donors (Lipinski definition) is 3. The van der Waals surface area contributed by atoms with Crippen molar-refractivity contribution in [2.45, 2.75) is 25.4 Å². The van der Waals surface area contributed by atoms with Crippen molar-refractivity contribution in [2.24, 2.45) is 0 Å². The molecule has 0 radical (unpaired) electrons. The van der Waals surface area contributed by atoms with Gasteiger partial charge in [-0.1, -0.05) is 0 Å². The summed E-state index contributed by atoms with van der Waals surface area (Å²) in [5.41, 5.74) is -0.735. The molecule has 3 N–H and O–H groups in total. The van der Waals surface area contributed by atoms with Crippen LogP contribution in [0.4, 0.5) is 0 Å². The molecule has 1 rings (SSSR count). The van der Waals surface area contributed by atoms with Crippen molar-refractivity contribution in [3.05, 3.63) is 0 Å². The topological polar surface area (TPSA) is 70.6 Å². The van der Waals surface area contributed by atoms with Crippen LogP contribution in [0.5, 0.6) is 0 Å². The third kappa shape index (κ3) is 4.59. The quantitative estimate of drug-likeness (QED) is 0.511. The Bertz CT molecular complexity index is 203. The molecule has 0 aliphatic carbocycles. The summed E-state index contributed by atoms with van der Waals surface area (Å²) in [4.78, 5) is 11.1. The van der Waals surface area contributed by atoms with E-state index in [1.807, 2.05) is 6.92 Å². The van der Waals surface area contributed by atoms with Crippen molar-refractivity contribution in [1.82, 2.24) is 10.6 Å². The number of hydrogen-bond acceptors (Lipinski definition) is 4. The molecule has 0 saturated carbocycles. The predicted octanol–water partition coefficient (Wildman–Crippen LogP) is -0.746. The second-order valence-electron chi connectivity index (χ2n) is 3.91. The van der Waals surface area contributed by atoms with E-state index >= 15 is 0 Å². The maximum absolute atomic E-state index is 11.1. The highest BCUT2D eigenvalue weighted by Gasteiger charge is 2.31. The fourth-order valence-corrected chi connectivity index (χ4v) is 1.54. The van der Waals surface area contributed by atoms with E-state index in [1.54, 1.807) is 0 Å². The number of amides is 1. The smallest absolute Gasteiger partial charge is 0.221 e. The SMILES string of the molecule is CCNC(=O)CCNCC1(O)CCOC1. The molecule has 1 fully saturated rings. The Balaban J connectivity index is 2.03. The largest absolute Gasteiger partial charge is 0.386 e. The highest BCUT2D eigenvalue weighted by molar-refractivity contribution is 5.75. The Kier molecular flexibility index (Phi) is 5.01. The normalized spacial score (nSPS) is 25.5. The number of ether oxygens (including phenoxy) is 1. The first kappa shape index (κ1) is 12.4. The van der Waals surface area contributed by atoms with Crippen LogP contribution in [0, 0.1) is 0 Å². The summed E-state index contributed by atoms with van der Waals surface area (Å²) in [6.07, 6.45) is 1.12. The van der Waals surface area contributed by atoms with Crippen LogP contribution in [-0.4, -0.2) is 49.5 Å². The number of nitrogens with one attached hydrogen (secondary N) is 2. The zero-order valence-corrected chi connectivity index (χ0v) is 9.21. The molecule has 0 bridgehead atoms. The first-order chi connectivity index (χ1) is 7.16. The standard InChI is InChI=1S/C10H20N2O3/c1-2-12-9(13)3-5-11-7-10(14)4-6-15-8-10/h11,14H,2-8H2,1H3,(H,12,13). The van der Waals surface area contributed by atoms with E-state index in [0.29, 0.717) is 45.7 Å². The van der Waals surface area contributed by atoms with Gasteiger partial charge >= 0.3 is 0 Å². The minimum Gasteiger partial charge on any atom is -0.386 e. The summed E-state index contributed by atoms with van der Waals surface area (Å²) < 4.78 is 5.11. The van der Waals surface area contributed by atoms with Gasteiger partial charge in [-0.15, -0.1) is 0 Å². The highest BCUT2D eigenvalue weighted by Crippen LogP contribution is 2.16. The molecule has 5 heteroatoms. The average Bonchev–Trinajstić information content (AvgIpc) is 2.61. The van der Waals surface area contributed by atoms with Crippen molar-refractivity contribution in [1.29, 1.82) is 0 Å². The molecule has 88 valence electrons. The van der Waals surface area contributed by atoms with Gasteiger partial charge in [0.1, 0.15) is 5.60 Å². The molecule has 1 atom stereocenters. The lowest BCUT2D eigenvalue weighted by molar-refractivity contribution is -0.120. The minimum atomic E-state index is -0.735. The first-order valence-corrected chi connectivity index (χ1v) is 5.44. The summed E-state index contributed by atoms with van der Waals surface area (Å²) in [5, 5.41) is 15.7. The van der Waals surface area contributed by atoms with E-state index in [-0.39, 0.29) is 5.91 Å². The van der Waals surface area contributed by atoms with Gasteiger partial charge in [0.2, 0.25) is 5.91 Å². The Labute approximate surface area is 90.2 Å². The molecule has 0 spiro atoms. The third-order valence-electron chi connectivity index (χ3n) is 2.44. The van der Waals surface area contributed by atoms with Crippen molar-refractivity contribution in [2.75, 3.05) is 32.8 Å². The van der Waals surface area contributed by atoms with Crippen molar-refractivity contribution < 1.29 is 14.6 Å². The fraction of sp³-hybridized carbons (Fsp3) is 0.900. The van der Waals surface area contributed by atoms with Crippen LogP contribution in [-0.2, 0) is 9.53 Å². The first-order valence-electron chi connectivity index (χ1n) is 5.44. The van der Waals surface area contributed by atoms with Gasteiger partial charge in [-0.25, -0.2) is 0 Å². The van der Waals surface area contributed by atoms with Crippen LogP contribution in [0.1, 0.15) is 19.8 Å². The molecule has 1 amide bonds. The summed E-state index contributed by atoms with van der Waals surface area (Å²) in [6.45, 7) is 4.65. The molecule has 1 heterocycles. The van der Waals surface area contributed by atoms with Gasteiger partial charge < -0.3 is 20.5 Å². The van der Waals surface area contributed by atoms with Crippen LogP contribution in [0.2, 0.25) is 0 Å². The van der Waals surface area contributed by atoms with Gasteiger partial charge in [0.15, 0.2) is 0 Å². The highest BCUT2D eigenvalue weighted by atomic mass is 16.5. The summed E-state index contributed by atoms with van der Waals surface area (Å²) in [6, 6.07) is 0. The monoisotopic (exact) mass is 216 g/mol. The average molecular weight is 216 g/mol. The molecule has 15 heavy (non-hydrogen) atoms. The van der Waals surface area contributed by atoms with Gasteiger partial charge in [0.25, 0.3) is 0 Å². The second kappa shape index (κ2) is 6.05. The Morgan fingerprint density at radius 3 is 3.00 bits per heavy atom. The Morgan fingerprint density at radius 1 is 1.60 bits per heavy atom. The molecule has 1 saturated heterocycles. The van der Waals surface area contributed by atoms with Gasteiger partial charge in [-0.3, -0.25) is 4.79 Å². The molecule has 1 aliphatic rings. The van der Waals surface area contributed by atoms with Crippen LogP contribution >= 0.6 is 0 Å². The van der Waals surface area contributed by atoms with Crippen LogP contribution in [0.25, 0.3) is 0 Å². The number of carbonyl (C=O) groups is 1. The van der Waals surface area contributed by atoms with E-state index in [2.05, 4.69) is 10.6 Å². The lowest BCUT2D eigenvalue weighted by Crippen LogP contribution is -2.42. The zero-order valence-electron chi connectivity index (χ0n) is 9.21. The van der Waals surface area contributed by atoms with Crippen molar-refractivity contribution >= 4 is 5.91 Å². The van der Waals surface area contributed by atoms with Gasteiger partial charge in [0, 0.05) is 39.1 Å². The molecule has 0 aromatic rings. The van der Waals surface area contributed by atoms with Crippen molar-refractivity contribution in [3.63, 3.8) is 0 Å². The molecule has 1 unspecified atom stereocenters. The maximum Gasteiger partial charge on any atom is 0.221 e. The van der Waals surface area contributed by atoms with E-state index in [1.165, 1.54) is 0 Å². The van der Waals surface area contributed by atoms with E-state index in [4.69, 9.17) is 4.74 Å². The summed E-state index contributed by atoms with van der Waals surface area (Å²) in [7, 11) is 0. The molecular formula is C10H20N2O3. The van der Waals surface area contributed by atoms with Gasteiger partial charge in [-0.05, 0) is 6.92 Å². The lowest BCUT2D eigenvalue weighted by Gasteiger charge is -2.20. The van der Waals surface area contributed by atoms with Gasteiger partial charge in [0.05, 0.1) is 6.61 Å². The third-order valence-corrected chi connectivity index (χ3v) is 2.44. The van der Waals surface area contributed by atoms with Gasteiger partial charge in [-0.2, -0.15) is 0 Å². The van der Waals surface area contributed by atoms with Crippen molar-refractivity contribution in [3.8, 4) is 0 Å². The number of aliphatic hydroxyl groups is 1. The predicted molar refractivity (Wildman–Crippen MR) is 56.6 cm³/mol. The molecular weight excluding hydrogens is 196 g/mol. The molecule has 1 aliphatic heterocycles. The van der Waals surface area contributed by atoms with Crippen LogP contribution < -0.4 is 10.6 Å². The molecule has 5 nitrogen and oxygen atoms in total. The summed E-state index contributed by atoms with van der Waals surface area (Å²) >= 11 is 0. The zero-order chi connectivity index (χ0) is 11.1. The summed E-state index contributed by atoms with van der Waals surface area (Å²) in [5.74, 6) is 0.0414. The second-order valence-corrected chi connectivity index (χ2v) is 3.91. The van der Waals surface area contributed by atoms with E-state index < -0.39 is 5.60 Å². The van der Waals surface area contributed by atoms with E-state index in [9.17, 15) is 9.90 Å². The Hall–Kier alpha value is -0.650. The Morgan fingerprint density at radius 2 is 2.40 bits per heavy atom. The van der Waals surface area contributed by atoms with E-state index in [0.717, 1.165) is 0 Å². The minimum absolute atomic E-state index is 0.0414. The maximum atomic E-state index is 11.1. The lowest BCUT2D eigenvalue weighted by atomic mass is 10.0. The molecule has 0 aromatic heterocycles. The number of rotatable bonds is 6.